The molecule has 2 aliphatic heterocycles. The third-order valence-electron chi connectivity index (χ3n) is 6.20. The van der Waals surface area contributed by atoms with E-state index >= 15 is 0 Å². The molecule has 0 unspecified atom stereocenters. The highest BCUT2D eigenvalue weighted by atomic mass is 16.2. The summed E-state index contributed by atoms with van der Waals surface area (Å²) in [4.78, 5) is 44.1. The van der Waals surface area contributed by atoms with Gasteiger partial charge in [0.25, 0.3) is 0 Å². The van der Waals surface area contributed by atoms with Crippen LogP contribution in [0.3, 0.4) is 0 Å². The van der Waals surface area contributed by atoms with Crippen molar-refractivity contribution in [3.05, 3.63) is 34.7 Å². The first-order valence-electron chi connectivity index (χ1n) is 11.1. The van der Waals surface area contributed by atoms with E-state index in [-0.39, 0.29) is 24.2 Å². The zero-order chi connectivity index (χ0) is 21.1. The molecule has 0 saturated carbocycles. The van der Waals surface area contributed by atoms with Gasteiger partial charge in [-0.3, -0.25) is 13.9 Å². The van der Waals surface area contributed by atoms with E-state index in [0.29, 0.717) is 32.7 Å². The van der Waals surface area contributed by atoms with Gasteiger partial charge < -0.3 is 14.7 Å². The molecule has 0 radical (unpaired) electrons. The van der Waals surface area contributed by atoms with Gasteiger partial charge >= 0.3 is 11.7 Å². The molecule has 0 N–H and O–H groups in total. The lowest BCUT2D eigenvalue weighted by molar-refractivity contribution is -0.133. The molecule has 30 heavy (non-hydrogen) atoms. The number of aromatic nitrogens is 2. The van der Waals surface area contributed by atoms with Gasteiger partial charge in [-0.25, -0.2) is 9.59 Å². The topological polar surface area (TPSA) is 70.8 Å². The summed E-state index contributed by atoms with van der Waals surface area (Å²) in [6, 6.07) is 7.73. The molecule has 3 amide bonds. The first-order valence-corrected chi connectivity index (χ1v) is 11.1. The first kappa shape index (κ1) is 20.5. The summed E-state index contributed by atoms with van der Waals surface area (Å²) in [5.41, 5.74) is 1.53. The number of para-hydroxylation sites is 2. The molecule has 0 atom stereocenters. The van der Waals surface area contributed by atoms with Crippen molar-refractivity contribution in [2.24, 2.45) is 0 Å². The Morgan fingerprint density at radius 3 is 2.00 bits per heavy atom. The quantitative estimate of drug-likeness (QED) is 0.769. The zero-order valence-corrected chi connectivity index (χ0v) is 17.8. The van der Waals surface area contributed by atoms with Gasteiger partial charge in [0.15, 0.2) is 0 Å². The Kier molecular flexibility index (Phi) is 6.11. The van der Waals surface area contributed by atoms with Crippen LogP contribution >= 0.6 is 0 Å². The van der Waals surface area contributed by atoms with Crippen LogP contribution in [0.2, 0.25) is 0 Å². The van der Waals surface area contributed by atoms with Crippen molar-refractivity contribution in [2.75, 3.05) is 39.3 Å². The number of piperidine rings is 1. The molecule has 0 aliphatic carbocycles. The van der Waals surface area contributed by atoms with E-state index in [1.54, 1.807) is 14.0 Å². The normalized spacial score (nSPS) is 17.6. The number of urea groups is 1. The van der Waals surface area contributed by atoms with Crippen molar-refractivity contribution in [3.8, 4) is 0 Å². The second-order valence-electron chi connectivity index (χ2n) is 8.21. The fourth-order valence-electron chi connectivity index (χ4n) is 4.53. The Hall–Kier alpha value is -2.77. The number of fused-ring (bicyclic) bond motifs is 1. The van der Waals surface area contributed by atoms with Crippen LogP contribution in [0.5, 0.6) is 0 Å². The number of hydrogen-bond acceptors (Lipinski definition) is 3. The monoisotopic (exact) mass is 413 g/mol. The minimum atomic E-state index is -0.134. The number of amides is 3. The number of likely N-dealkylation sites (tertiary alicyclic amines) is 1. The van der Waals surface area contributed by atoms with Crippen LogP contribution in [-0.2, 0) is 17.9 Å². The van der Waals surface area contributed by atoms with E-state index in [1.807, 2.05) is 41.0 Å². The highest BCUT2D eigenvalue weighted by molar-refractivity contribution is 5.81. The maximum atomic E-state index is 13.0. The van der Waals surface area contributed by atoms with Gasteiger partial charge in [0.05, 0.1) is 11.0 Å². The van der Waals surface area contributed by atoms with E-state index in [0.717, 1.165) is 43.4 Å². The summed E-state index contributed by atoms with van der Waals surface area (Å²) in [7, 11) is 0. The van der Waals surface area contributed by atoms with Gasteiger partial charge in [-0.1, -0.05) is 19.1 Å². The van der Waals surface area contributed by atoms with E-state index in [4.69, 9.17) is 0 Å². The molecule has 4 rings (SSSR count). The lowest BCUT2D eigenvalue weighted by atomic mass is 10.1. The Bertz CT molecular complexity index is 965. The molecule has 0 bridgehead atoms. The number of nitrogens with zero attached hydrogens (tertiary/aromatic N) is 5. The molecule has 2 saturated heterocycles. The Morgan fingerprint density at radius 2 is 1.37 bits per heavy atom. The van der Waals surface area contributed by atoms with Crippen molar-refractivity contribution < 1.29 is 9.59 Å². The molecular weight excluding hydrogens is 382 g/mol. The Balaban J connectivity index is 1.41. The molecule has 3 heterocycles. The van der Waals surface area contributed by atoms with Gasteiger partial charge in [-0.15, -0.1) is 0 Å². The number of rotatable bonds is 4. The van der Waals surface area contributed by atoms with E-state index in [2.05, 4.69) is 0 Å². The highest BCUT2D eigenvalue weighted by Crippen LogP contribution is 2.15. The zero-order valence-electron chi connectivity index (χ0n) is 17.8. The first-order chi connectivity index (χ1) is 14.6. The van der Waals surface area contributed by atoms with Crippen LogP contribution in [0.15, 0.2) is 29.1 Å². The van der Waals surface area contributed by atoms with E-state index < -0.39 is 0 Å². The number of piperazine rings is 1. The fourth-order valence-corrected chi connectivity index (χ4v) is 4.53. The molecule has 0 spiro atoms. The summed E-state index contributed by atoms with van der Waals surface area (Å²) in [5, 5.41) is 0. The van der Waals surface area contributed by atoms with Crippen LogP contribution in [0, 0.1) is 0 Å². The average Bonchev–Trinajstić information content (AvgIpc) is 3.05. The standard InChI is InChI=1S/C22H31N5O3/c1-2-10-26-18-8-4-5-9-19(18)27(22(26)30)17-20(28)23-13-15-25(16-14-23)21(29)24-11-6-3-7-12-24/h4-5,8-9H,2-3,6-7,10-17H2,1H3. The highest BCUT2D eigenvalue weighted by Gasteiger charge is 2.28. The number of benzene rings is 1. The van der Waals surface area contributed by atoms with Crippen molar-refractivity contribution in [1.82, 2.24) is 23.8 Å². The predicted molar refractivity (Wildman–Crippen MR) is 115 cm³/mol. The third-order valence-corrected chi connectivity index (χ3v) is 6.20. The van der Waals surface area contributed by atoms with Crippen molar-refractivity contribution in [1.29, 1.82) is 0 Å². The van der Waals surface area contributed by atoms with Crippen LogP contribution in [0.25, 0.3) is 11.0 Å². The molecule has 8 nitrogen and oxygen atoms in total. The summed E-state index contributed by atoms with van der Waals surface area (Å²) >= 11 is 0. The molecule has 2 fully saturated rings. The summed E-state index contributed by atoms with van der Waals surface area (Å²) in [5.74, 6) is -0.0680. The fraction of sp³-hybridized carbons (Fsp3) is 0.591. The van der Waals surface area contributed by atoms with E-state index in [1.165, 1.54) is 6.42 Å². The second kappa shape index (κ2) is 8.93. The smallest absolute Gasteiger partial charge is 0.329 e. The Morgan fingerprint density at radius 1 is 0.800 bits per heavy atom. The minimum Gasteiger partial charge on any atom is -0.338 e. The summed E-state index contributed by atoms with van der Waals surface area (Å²) in [6.45, 7) is 6.51. The lowest BCUT2D eigenvalue weighted by Crippen LogP contribution is -2.55. The summed E-state index contributed by atoms with van der Waals surface area (Å²) < 4.78 is 3.33. The van der Waals surface area contributed by atoms with Crippen molar-refractivity contribution in [3.63, 3.8) is 0 Å². The van der Waals surface area contributed by atoms with Gasteiger partial charge in [0.2, 0.25) is 5.91 Å². The van der Waals surface area contributed by atoms with Crippen molar-refractivity contribution in [2.45, 2.75) is 45.7 Å². The molecule has 8 heteroatoms. The maximum Gasteiger partial charge on any atom is 0.329 e. The molecule has 2 aromatic rings. The van der Waals surface area contributed by atoms with E-state index in [9.17, 15) is 14.4 Å². The van der Waals surface area contributed by atoms with Gasteiger partial charge in [0.1, 0.15) is 6.54 Å². The second-order valence-corrected chi connectivity index (χ2v) is 8.21. The van der Waals surface area contributed by atoms with Gasteiger partial charge in [-0.05, 0) is 37.8 Å². The van der Waals surface area contributed by atoms with Gasteiger partial charge in [-0.2, -0.15) is 0 Å². The van der Waals surface area contributed by atoms with Crippen LogP contribution in [0.4, 0.5) is 4.79 Å². The van der Waals surface area contributed by atoms with Crippen LogP contribution < -0.4 is 5.69 Å². The Labute approximate surface area is 176 Å². The van der Waals surface area contributed by atoms with Crippen LogP contribution in [-0.4, -0.2) is 75.0 Å². The lowest BCUT2D eigenvalue weighted by Gasteiger charge is -2.38. The molecular formula is C22H31N5O3. The number of aryl methyl sites for hydroxylation is 1. The molecule has 2 aliphatic rings. The number of carbonyl (C=O) groups is 2. The predicted octanol–water partition coefficient (Wildman–Crippen LogP) is 1.96. The average molecular weight is 414 g/mol. The molecule has 1 aromatic carbocycles. The van der Waals surface area contributed by atoms with Crippen LogP contribution in [0.1, 0.15) is 32.6 Å². The number of hydrogen-bond donors (Lipinski definition) is 0. The van der Waals surface area contributed by atoms with Gasteiger partial charge in [0, 0.05) is 45.8 Å². The number of imidazole rings is 1. The maximum absolute atomic E-state index is 13.0. The molecule has 1 aromatic heterocycles. The molecule has 162 valence electrons. The third kappa shape index (κ3) is 3.95. The largest absolute Gasteiger partial charge is 0.338 e. The minimum absolute atomic E-state index is 0.0378. The van der Waals surface area contributed by atoms with Crippen molar-refractivity contribution >= 4 is 23.0 Å². The SMILES string of the molecule is CCCn1c(=O)n(CC(=O)N2CCN(C(=O)N3CCCCC3)CC2)c2ccccc21. The summed E-state index contributed by atoms with van der Waals surface area (Å²) in [6.07, 6.45) is 4.20. The number of carbonyl (C=O) groups excluding carboxylic acids is 2.